The first-order valence-corrected chi connectivity index (χ1v) is 7.03. The van der Waals surface area contributed by atoms with Gasteiger partial charge >= 0.3 is 0 Å². The number of amides is 1. The van der Waals surface area contributed by atoms with E-state index >= 15 is 0 Å². The highest BCUT2D eigenvalue weighted by atomic mass is 16.1. The summed E-state index contributed by atoms with van der Waals surface area (Å²) < 4.78 is 0. The van der Waals surface area contributed by atoms with Crippen LogP contribution in [0.25, 0.3) is 0 Å². The van der Waals surface area contributed by atoms with Crippen LogP contribution in [0, 0.1) is 0 Å². The first-order valence-electron chi connectivity index (χ1n) is 7.03. The van der Waals surface area contributed by atoms with Crippen molar-refractivity contribution in [3.63, 3.8) is 0 Å². The number of nitrogens with one attached hydrogen (secondary N) is 2. The minimum absolute atomic E-state index is 0.206. The number of piperidine rings is 1. The summed E-state index contributed by atoms with van der Waals surface area (Å²) in [5.74, 6) is 0.206. The molecule has 5 nitrogen and oxygen atoms in total. The van der Waals surface area contributed by atoms with E-state index in [-0.39, 0.29) is 5.91 Å². The van der Waals surface area contributed by atoms with Gasteiger partial charge in [0.25, 0.3) is 0 Å². The maximum atomic E-state index is 12.0. The topological polar surface area (TPSA) is 47.6 Å². The second-order valence-corrected chi connectivity index (χ2v) is 5.76. The van der Waals surface area contributed by atoms with E-state index in [1.54, 1.807) is 0 Å². The number of hydrogen-bond acceptors (Lipinski definition) is 4. The third kappa shape index (κ3) is 4.23. The Hall–Kier alpha value is -0.650. The molecule has 0 radical (unpaired) electrons. The van der Waals surface area contributed by atoms with Crippen molar-refractivity contribution in [2.45, 2.75) is 31.3 Å². The zero-order valence-electron chi connectivity index (χ0n) is 11.6. The van der Waals surface area contributed by atoms with Gasteiger partial charge in [-0.25, -0.2) is 0 Å². The predicted molar refractivity (Wildman–Crippen MR) is 72.6 cm³/mol. The van der Waals surface area contributed by atoms with Gasteiger partial charge in [-0.05, 0) is 40.0 Å². The third-order valence-electron chi connectivity index (χ3n) is 3.97. The first kappa shape index (κ1) is 13.8. The standard InChI is InChI=1S/C13H26N4O/c1-16-6-3-11(4-7-16)15-13(18)9-12-10-17(2)8-5-14-12/h11-12,14H,3-10H2,1-2H3,(H,15,18). The fourth-order valence-electron chi connectivity index (χ4n) is 2.79. The van der Waals surface area contributed by atoms with Crippen LogP contribution in [0.4, 0.5) is 0 Å². The number of likely N-dealkylation sites (tertiary alicyclic amines) is 1. The molecule has 1 atom stereocenters. The zero-order valence-corrected chi connectivity index (χ0v) is 11.6. The van der Waals surface area contributed by atoms with E-state index in [4.69, 9.17) is 0 Å². The second-order valence-electron chi connectivity index (χ2n) is 5.76. The largest absolute Gasteiger partial charge is 0.353 e. The molecule has 2 fully saturated rings. The Bertz CT molecular complexity index is 276. The molecule has 104 valence electrons. The van der Waals surface area contributed by atoms with Crippen molar-refractivity contribution >= 4 is 5.91 Å². The van der Waals surface area contributed by atoms with Crippen molar-refractivity contribution in [3.05, 3.63) is 0 Å². The summed E-state index contributed by atoms with van der Waals surface area (Å²) in [6, 6.07) is 0.699. The number of carbonyl (C=O) groups excluding carboxylic acids is 1. The maximum Gasteiger partial charge on any atom is 0.221 e. The van der Waals surface area contributed by atoms with Crippen molar-refractivity contribution in [2.24, 2.45) is 0 Å². The van der Waals surface area contributed by atoms with Crippen molar-refractivity contribution in [1.82, 2.24) is 20.4 Å². The second kappa shape index (κ2) is 6.50. The van der Waals surface area contributed by atoms with Crippen molar-refractivity contribution in [2.75, 3.05) is 46.8 Å². The highest BCUT2D eigenvalue weighted by molar-refractivity contribution is 5.77. The molecule has 2 rings (SSSR count). The van der Waals surface area contributed by atoms with E-state index in [1.807, 2.05) is 0 Å². The first-order chi connectivity index (χ1) is 8.63. The maximum absolute atomic E-state index is 12.0. The van der Waals surface area contributed by atoms with E-state index in [0.717, 1.165) is 45.6 Å². The average Bonchev–Trinajstić information content (AvgIpc) is 2.32. The van der Waals surface area contributed by atoms with Gasteiger partial charge in [0, 0.05) is 38.1 Å². The number of rotatable bonds is 3. The Kier molecular flexibility index (Phi) is 4.97. The molecule has 1 amide bonds. The quantitative estimate of drug-likeness (QED) is 0.712. The number of piperazine rings is 1. The Morgan fingerprint density at radius 1 is 1.22 bits per heavy atom. The van der Waals surface area contributed by atoms with Crippen LogP contribution in [-0.2, 0) is 4.79 Å². The van der Waals surface area contributed by atoms with Gasteiger partial charge in [-0.2, -0.15) is 0 Å². The van der Waals surface area contributed by atoms with Gasteiger partial charge < -0.3 is 20.4 Å². The molecule has 0 aromatic carbocycles. The molecule has 2 N–H and O–H groups in total. The summed E-state index contributed by atoms with van der Waals surface area (Å²) in [4.78, 5) is 16.6. The summed E-state index contributed by atoms with van der Waals surface area (Å²) >= 11 is 0. The van der Waals surface area contributed by atoms with Gasteiger partial charge in [0.2, 0.25) is 5.91 Å². The summed E-state index contributed by atoms with van der Waals surface area (Å²) in [5.41, 5.74) is 0. The molecule has 0 bridgehead atoms. The molecule has 0 aliphatic carbocycles. The molecule has 2 aliphatic heterocycles. The normalized spacial score (nSPS) is 28.2. The van der Waals surface area contributed by atoms with Gasteiger partial charge in [-0.3, -0.25) is 4.79 Å². The lowest BCUT2D eigenvalue weighted by atomic mass is 10.0. The van der Waals surface area contributed by atoms with Crippen LogP contribution in [0.3, 0.4) is 0 Å². The molecule has 5 heteroatoms. The number of carbonyl (C=O) groups is 1. The summed E-state index contributed by atoms with van der Waals surface area (Å²) in [7, 11) is 4.25. The van der Waals surface area contributed by atoms with E-state index < -0.39 is 0 Å². The zero-order chi connectivity index (χ0) is 13.0. The van der Waals surface area contributed by atoms with Crippen LogP contribution in [0.1, 0.15) is 19.3 Å². The smallest absolute Gasteiger partial charge is 0.221 e. The lowest BCUT2D eigenvalue weighted by molar-refractivity contribution is -0.122. The molecule has 2 aliphatic rings. The molecule has 0 spiro atoms. The fraction of sp³-hybridized carbons (Fsp3) is 0.923. The van der Waals surface area contributed by atoms with E-state index in [0.29, 0.717) is 18.5 Å². The molecular formula is C13H26N4O. The molecule has 0 aromatic rings. The molecule has 2 saturated heterocycles. The fourth-order valence-corrected chi connectivity index (χ4v) is 2.79. The Morgan fingerprint density at radius 2 is 1.94 bits per heavy atom. The monoisotopic (exact) mass is 254 g/mol. The van der Waals surface area contributed by atoms with Crippen LogP contribution >= 0.6 is 0 Å². The summed E-state index contributed by atoms with van der Waals surface area (Å²) in [6.45, 7) is 5.22. The van der Waals surface area contributed by atoms with Gasteiger partial charge in [-0.1, -0.05) is 0 Å². The van der Waals surface area contributed by atoms with Crippen molar-refractivity contribution < 1.29 is 4.79 Å². The minimum atomic E-state index is 0.206. The molecule has 18 heavy (non-hydrogen) atoms. The van der Waals surface area contributed by atoms with Crippen LogP contribution < -0.4 is 10.6 Å². The predicted octanol–water partition coefficient (Wildman–Crippen LogP) is -0.509. The minimum Gasteiger partial charge on any atom is -0.353 e. The Labute approximate surface area is 110 Å². The number of likely N-dealkylation sites (N-methyl/N-ethyl adjacent to an activating group) is 1. The van der Waals surface area contributed by atoms with Crippen molar-refractivity contribution in [1.29, 1.82) is 0 Å². The van der Waals surface area contributed by atoms with E-state index in [2.05, 4.69) is 34.5 Å². The van der Waals surface area contributed by atoms with E-state index in [1.165, 1.54) is 0 Å². The molecule has 1 unspecified atom stereocenters. The van der Waals surface area contributed by atoms with Gasteiger partial charge in [0.05, 0.1) is 0 Å². The number of hydrogen-bond donors (Lipinski definition) is 2. The number of nitrogens with zero attached hydrogens (tertiary/aromatic N) is 2. The van der Waals surface area contributed by atoms with Crippen LogP contribution in [0.15, 0.2) is 0 Å². The lowest BCUT2D eigenvalue weighted by Crippen LogP contribution is -2.52. The van der Waals surface area contributed by atoms with Gasteiger partial charge in [-0.15, -0.1) is 0 Å². The van der Waals surface area contributed by atoms with Crippen LogP contribution in [0.2, 0.25) is 0 Å². The molecular weight excluding hydrogens is 228 g/mol. The highest BCUT2D eigenvalue weighted by Gasteiger charge is 2.22. The Balaban J connectivity index is 1.68. The molecule has 2 heterocycles. The summed E-state index contributed by atoms with van der Waals surface area (Å²) in [5, 5.41) is 6.59. The van der Waals surface area contributed by atoms with Crippen LogP contribution in [-0.4, -0.2) is 74.6 Å². The van der Waals surface area contributed by atoms with Gasteiger partial charge in [0.15, 0.2) is 0 Å². The van der Waals surface area contributed by atoms with E-state index in [9.17, 15) is 4.79 Å². The highest BCUT2D eigenvalue weighted by Crippen LogP contribution is 2.09. The van der Waals surface area contributed by atoms with Gasteiger partial charge in [0.1, 0.15) is 0 Å². The average molecular weight is 254 g/mol. The van der Waals surface area contributed by atoms with Crippen molar-refractivity contribution in [3.8, 4) is 0 Å². The third-order valence-corrected chi connectivity index (χ3v) is 3.97. The lowest BCUT2D eigenvalue weighted by Gasteiger charge is -2.32. The SMILES string of the molecule is CN1CCC(NC(=O)CC2CN(C)CCN2)CC1. The molecule has 0 saturated carbocycles. The van der Waals surface area contributed by atoms with Crippen LogP contribution in [0.5, 0.6) is 0 Å². The summed E-state index contributed by atoms with van der Waals surface area (Å²) in [6.07, 6.45) is 2.77. The Morgan fingerprint density at radius 3 is 2.61 bits per heavy atom. The molecule has 0 aromatic heterocycles.